The molecule has 0 aliphatic carbocycles. The third kappa shape index (κ3) is 4.75. The fourth-order valence-electron chi connectivity index (χ4n) is 3.27. The largest absolute Gasteiger partial charge is 0.497 e. The van der Waals surface area contributed by atoms with E-state index in [0.717, 1.165) is 11.8 Å². The number of ether oxygens (including phenoxy) is 2. The van der Waals surface area contributed by atoms with Crippen LogP contribution in [-0.4, -0.2) is 33.3 Å². The molecule has 2 N–H and O–H groups in total. The van der Waals surface area contributed by atoms with E-state index in [0.29, 0.717) is 29.2 Å². The first-order valence-electron chi connectivity index (χ1n) is 8.82. The molecule has 3 rings (SSSR count). The molecule has 7 nitrogen and oxygen atoms in total. The van der Waals surface area contributed by atoms with Crippen molar-refractivity contribution in [2.75, 3.05) is 18.1 Å². The van der Waals surface area contributed by atoms with E-state index >= 15 is 0 Å². The minimum Gasteiger partial charge on any atom is -0.497 e. The summed E-state index contributed by atoms with van der Waals surface area (Å²) >= 11 is 0. The maximum Gasteiger partial charge on any atom is 0.251 e. The number of anilines is 1. The first-order valence-corrected chi connectivity index (χ1v) is 10.7. The average Bonchev–Trinajstić information content (AvgIpc) is 2.58. The minimum atomic E-state index is -3.42. The molecule has 8 heteroatoms. The van der Waals surface area contributed by atoms with Gasteiger partial charge in [-0.2, -0.15) is 0 Å². The van der Waals surface area contributed by atoms with Crippen LogP contribution in [0.25, 0.3) is 0 Å². The van der Waals surface area contributed by atoms with Crippen LogP contribution in [0.5, 0.6) is 11.5 Å². The maximum absolute atomic E-state index is 12.8. The van der Waals surface area contributed by atoms with Crippen LogP contribution in [0.15, 0.2) is 42.5 Å². The number of amides is 1. The molecule has 2 aromatic rings. The van der Waals surface area contributed by atoms with E-state index in [-0.39, 0.29) is 11.9 Å². The van der Waals surface area contributed by atoms with Gasteiger partial charge < -0.3 is 14.8 Å². The second-order valence-corrected chi connectivity index (χ2v) is 9.20. The van der Waals surface area contributed by atoms with Crippen molar-refractivity contribution < 1.29 is 22.7 Å². The number of carbonyl (C=O) groups excluding carboxylic acids is 1. The highest BCUT2D eigenvalue weighted by Gasteiger charge is 2.35. The standard InChI is InChI=1S/C20H24N2O5S/c1-20(2)12-17(16-9-8-15(26-3)11-18(16)27-20)21-19(23)13-6-5-7-14(10-13)22-28(4,24)25/h5-11,17,22H,12H2,1-4H3,(H,21,23)/t17-/m0/s1. The summed E-state index contributed by atoms with van der Waals surface area (Å²) < 4.78 is 36.5. The third-order valence-electron chi connectivity index (χ3n) is 4.41. The predicted molar refractivity (Wildman–Crippen MR) is 107 cm³/mol. The van der Waals surface area contributed by atoms with Crippen LogP contribution in [0.2, 0.25) is 0 Å². The van der Waals surface area contributed by atoms with Gasteiger partial charge >= 0.3 is 0 Å². The van der Waals surface area contributed by atoms with Gasteiger partial charge in [-0.1, -0.05) is 6.07 Å². The molecule has 0 unspecified atom stereocenters. The Labute approximate surface area is 165 Å². The lowest BCUT2D eigenvalue weighted by atomic mass is 9.89. The second-order valence-electron chi connectivity index (χ2n) is 7.45. The smallest absolute Gasteiger partial charge is 0.251 e. The van der Waals surface area contributed by atoms with Crippen molar-refractivity contribution >= 4 is 21.6 Å². The number of fused-ring (bicyclic) bond motifs is 1. The molecule has 1 atom stereocenters. The van der Waals surface area contributed by atoms with E-state index in [1.54, 1.807) is 25.3 Å². The van der Waals surface area contributed by atoms with Gasteiger partial charge in [0.05, 0.1) is 19.4 Å². The average molecular weight is 404 g/mol. The summed E-state index contributed by atoms with van der Waals surface area (Å²) in [7, 11) is -1.83. The molecule has 1 aliphatic rings. The zero-order valence-corrected chi connectivity index (χ0v) is 17.1. The van der Waals surface area contributed by atoms with Gasteiger partial charge in [0, 0.05) is 29.3 Å². The Hall–Kier alpha value is -2.74. The highest BCUT2D eigenvalue weighted by atomic mass is 32.2. The molecule has 0 fully saturated rings. The quantitative estimate of drug-likeness (QED) is 0.799. The van der Waals surface area contributed by atoms with Crippen LogP contribution in [0.1, 0.15) is 42.2 Å². The molecule has 0 bridgehead atoms. The molecule has 1 aliphatic heterocycles. The summed E-state index contributed by atoms with van der Waals surface area (Å²) in [6, 6.07) is 11.7. The Kier molecular flexibility index (Phi) is 5.25. The molecular weight excluding hydrogens is 380 g/mol. The molecule has 1 heterocycles. The van der Waals surface area contributed by atoms with Crippen molar-refractivity contribution in [2.45, 2.75) is 31.9 Å². The molecule has 1 amide bonds. The van der Waals surface area contributed by atoms with Crippen LogP contribution < -0.4 is 19.5 Å². The lowest BCUT2D eigenvalue weighted by molar-refractivity contribution is 0.0617. The molecule has 2 aromatic carbocycles. The third-order valence-corrected chi connectivity index (χ3v) is 5.02. The van der Waals surface area contributed by atoms with E-state index in [1.807, 2.05) is 32.0 Å². The van der Waals surface area contributed by atoms with Crippen molar-refractivity contribution in [1.29, 1.82) is 0 Å². The lowest BCUT2D eigenvalue weighted by Gasteiger charge is -2.38. The molecule has 0 aromatic heterocycles. The molecule has 28 heavy (non-hydrogen) atoms. The van der Waals surface area contributed by atoms with Crippen molar-refractivity contribution in [3.8, 4) is 11.5 Å². The van der Waals surface area contributed by atoms with Crippen molar-refractivity contribution in [3.05, 3.63) is 53.6 Å². The van der Waals surface area contributed by atoms with Crippen LogP contribution in [0.3, 0.4) is 0 Å². The highest BCUT2D eigenvalue weighted by Crippen LogP contribution is 2.41. The van der Waals surface area contributed by atoms with Crippen molar-refractivity contribution in [1.82, 2.24) is 5.32 Å². The summed E-state index contributed by atoms with van der Waals surface area (Å²) in [6.45, 7) is 3.93. The zero-order chi connectivity index (χ0) is 20.5. The fourth-order valence-corrected chi connectivity index (χ4v) is 3.82. The summed E-state index contributed by atoms with van der Waals surface area (Å²) in [6.07, 6.45) is 1.66. The number of methoxy groups -OCH3 is 1. The SMILES string of the molecule is COc1ccc2c(c1)OC(C)(C)C[C@@H]2NC(=O)c1cccc(NS(C)(=O)=O)c1. The van der Waals surface area contributed by atoms with Gasteiger partial charge in [-0.3, -0.25) is 9.52 Å². The van der Waals surface area contributed by atoms with Gasteiger partial charge in [0.2, 0.25) is 10.0 Å². The zero-order valence-electron chi connectivity index (χ0n) is 16.3. The van der Waals surface area contributed by atoms with Crippen LogP contribution >= 0.6 is 0 Å². The molecule has 0 radical (unpaired) electrons. The van der Waals surface area contributed by atoms with E-state index in [2.05, 4.69) is 10.0 Å². The van der Waals surface area contributed by atoms with Gasteiger partial charge in [0.15, 0.2) is 0 Å². The van der Waals surface area contributed by atoms with E-state index < -0.39 is 15.6 Å². The topological polar surface area (TPSA) is 93.7 Å². The minimum absolute atomic E-state index is 0.247. The number of rotatable bonds is 5. The van der Waals surface area contributed by atoms with Gasteiger partial charge in [-0.05, 0) is 44.2 Å². The summed E-state index contributed by atoms with van der Waals surface area (Å²) in [4.78, 5) is 12.8. The first-order chi connectivity index (χ1) is 13.1. The Morgan fingerprint density at radius 1 is 1.21 bits per heavy atom. The Bertz CT molecular complexity index is 1000. The fraction of sp³-hybridized carbons (Fsp3) is 0.350. The molecule has 150 valence electrons. The summed E-state index contributed by atoms with van der Waals surface area (Å²) in [5.74, 6) is 1.07. The number of benzene rings is 2. The van der Waals surface area contributed by atoms with E-state index in [9.17, 15) is 13.2 Å². The number of carbonyl (C=O) groups is 1. The first kappa shape index (κ1) is 20.0. The lowest BCUT2D eigenvalue weighted by Crippen LogP contribution is -2.41. The molecular formula is C20H24N2O5S. The molecule has 0 saturated carbocycles. The number of hydrogen-bond donors (Lipinski definition) is 2. The van der Waals surface area contributed by atoms with E-state index in [1.165, 1.54) is 6.07 Å². The molecule has 0 saturated heterocycles. The Balaban J connectivity index is 1.85. The summed E-state index contributed by atoms with van der Waals surface area (Å²) in [5, 5.41) is 3.04. The van der Waals surface area contributed by atoms with Gasteiger partial charge in [-0.25, -0.2) is 8.42 Å². The maximum atomic E-state index is 12.8. The number of hydrogen-bond acceptors (Lipinski definition) is 5. The van der Waals surface area contributed by atoms with Gasteiger partial charge in [0.1, 0.15) is 17.1 Å². The number of nitrogens with one attached hydrogen (secondary N) is 2. The Morgan fingerprint density at radius 3 is 2.64 bits per heavy atom. The monoisotopic (exact) mass is 404 g/mol. The van der Waals surface area contributed by atoms with Gasteiger partial charge in [0.25, 0.3) is 5.91 Å². The Morgan fingerprint density at radius 2 is 1.96 bits per heavy atom. The van der Waals surface area contributed by atoms with Gasteiger partial charge in [-0.15, -0.1) is 0 Å². The van der Waals surface area contributed by atoms with E-state index in [4.69, 9.17) is 9.47 Å². The summed E-state index contributed by atoms with van der Waals surface area (Å²) in [5.41, 5.74) is 1.12. The van der Waals surface area contributed by atoms with Crippen LogP contribution in [-0.2, 0) is 10.0 Å². The normalized spacial score (nSPS) is 17.8. The van der Waals surface area contributed by atoms with Crippen molar-refractivity contribution in [2.24, 2.45) is 0 Å². The second kappa shape index (κ2) is 7.35. The molecule has 0 spiro atoms. The van der Waals surface area contributed by atoms with Crippen LogP contribution in [0.4, 0.5) is 5.69 Å². The van der Waals surface area contributed by atoms with Crippen LogP contribution in [0, 0.1) is 0 Å². The predicted octanol–water partition coefficient (Wildman–Crippen LogP) is 3.10. The van der Waals surface area contributed by atoms with Crippen molar-refractivity contribution in [3.63, 3.8) is 0 Å². The number of sulfonamides is 1. The highest BCUT2D eigenvalue weighted by molar-refractivity contribution is 7.92.